The number of rotatable bonds is 4. The molecule has 0 saturated carbocycles. The van der Waals surface area contributed by atoms with E-state index in [1.165, 1.54) is 10.9 Å². The lowest BCUT2D eigenvalue weighted by molar-refractivity contribution is -0.134. The number of aliphatic carboxylic acids is 1. The third kappa shape index (κ3) is 3.59. The average molecular weight is 331 g/mol. The quantitative estimate of drug-likeness (QED) is 0.799. The summed E-state index contributed by atoms with van der Waals surface area (Å²) in [5, 5.41) is 8.63. The van der Waals surface area contributed by atoms with Crippen LogP contribution in [-0.2, 0) is 17.6 Å². The van der Waals surface area contributed by atoms with Gasteiger partial charge >= 0.3 is 0 Å². The Balaban J connectivity index is 0.000000471. The van der Waals surface area contributed by atoms with Crippen LogP contribution in [-0.4, -0.2) is 46.0 Å². The summed E-state index contributed by atoms with van der Waals surface area (Å²) in [6, 6.07) is 4.27. The Bertz CT molecular complexity index is 743. The molecule has 6 nitrogen and oxygen atoms in total. The molecule has 1 unspecified atom stereocenters. The average Bonchev–Trinajstić information content (AvgIpc) is 2.92. The summed E-state index contributed by atoms with van der Waals surface area (Å²) in [5.74, 6) is -1.16. The monoisotopic (exact) mass is 331 g/mol. The molecular formula is C18H25N3O3. The normalized spacial score (nSPS) is 15.9. The highest BCUT2D eigenvalue weighted by molar-refractivity contribution is 6.01. The summed E-state index contributed by atoms with van der Waals surface area (Å²) in [7, 11) is 0. The van der Waals surface area contributed by atoms with Gasteiger partial charge in [-0.15, -0.1) is 0 Å². The smallest absolute Gasteiger partial charge is 0.300 e. The maximum Gasteiger partial charge on any atom is 0.300 e. The number of carbonyl (C=O) groups is 2. The van der Waals surface area contributed by atoms with Crippen molar-refractivity contribution in [2.75, 3.05) is 13.1 Å². The Hall–Kier alpha value is -2.34. The van der Waals surface area contributed by atoms with E-state index in [1.54, 1.807) is 0 Å². The van der Waals surface area contributed by atoms with Crippen molar-refractivity contribution in [2.45, 2.75) is 39.7 Å². The standard InChI is InChI=1S/C16H21N3O.C2H4O2/c1-3-19(4-2)11-7-10-9-18-14-6-5-12(16(17)20)13(8-11)15(10)14;1-2(3)4/h5-6,9,11,18H,3-4,7-8H2,1-2H3,(H2,17,20);1H3,(H,3,4). The molecule has 1 heterocycles. The number of hydrogen-bond acceptors (Lipinski definition) is 3. The van der Waals surface area contributed by atoms with E-state index in [-0.39, 0.29) is 5.91 Å². The van der Waals surface area contributed by atoms with Crippen molar-refractivity contribution in [1.82, 2.24) is 9.88 Å². The van der Waals surface area contributed by atoms with Gasteiger partial charge in [0.05, 0.1) is 0 Å². The van der Waals surface area contributed by atoms with Crippen LogP contribution in [0.5, 0.6) is 0 Å². The predicted molar refractivity (Wildman–Crippen MR) is 94.2 cm³/mol. The Morgan fingerprint density at radius 1 is 1.29 bits per heavy atom. The van der Waals surface area contributed by atoms with Crippen LogP contribution in [0.4, 0.5) is 0 Å². The minimum Gasteiger partial charge on any atom is -0.481 e. The number of H-pyrrole nitrogens is 1. The van der Waals surface area contributed by atoms with E-state index < -0.39 is 5.97 Å². The fraction of sp³-hybridized carbons (Fsp3) is 0.444. The number of aromatic nitrogens is 1. The van der Waals surface area contributed by atoms with Crippen LogP contribution in [0.25, 0.3) is 10.9 Å². The highest BCUT2D eigenvalue weighted by Crippen LogP contribution is 2.33. The van der Waals surface area contributed by atoms with Crippen LogP contribution in [0, 0.1) is 0 Å². The van der Waals surface area contributed by atoms with Gasteiger partial charge in [0.1, 0.15) is 0 Å². The van der Waals surface area contributed by atoms with E-state index in [2.05, 4.69) is 29.9 Å². The van der Waals surface area contributed by atoms with Crippen molar-refractivity contribution in [3.05, 3.63) is 35.0 Å². The molecule has 0 spiro atoms. The first-order valence-corrected chi connectivity index (χ1v) is 8.24. The van der Waals surface area contributed by atoms with Crippen molar-refractivity contribution in [3.8, 4) is 0 Å². The van der Waals surface area contributed by atoms with Crippen LogP contribution < -0.4 is 5.73 Å². The lowest BCUT2D eigenvalue weighted by Gasteiger charge is -2.33. The molecule has 1 aromatic carbocycles. The van der Waals surface area contributed by atoms with E-state index in [4.69, 9.17) is 15.6 Å². The van der Waals surface area contributed by atoms with Gasteiger partial charge in [-0.2, -0.15) is 0 Å². The fourth-order valence-corrected chi connectivity index (χ4v) is 3.54. The van der Waals surface area contributed by atoms with Crippen LogP contribution in [0.2, 0.25) is 0 Å². The van der Waals surface area contributed by atoms with E-state index in [0.29, 0.717) is 11.6 Å². The maximum atomic E-state index is 11.7. The van der Waals surface area contributed by atoms with Crippen LogP contribution in [0.1, 0.15) is 42.3 Å². The maximum absolute atomic E-state index is 11.7. The molecule has 1 aromatic heterocycles. The van der Waals surface area contributed by atoms with Gasteiger partial charge in [-0.25, -0.2) is 0 Å². The highest BCUT2D eigenvalue weighted by Gasteiger charge is 2.27. The molecule has 1 amide bonds. The fourth-order valence-electron chi connectivity index (χ4n) is 3.54. The van der Waals surface area contributed by atoms with Gasteiger partial charge in [0.15, 0.2) is 0 Å². The van der Waals surface area contributed by atoms with Gasteiger partial charge in [-0.1, -0.05) is 13.8 Å². The van der Waals surface area contributed by atoms with Crippen molar-refractivity contribution in [1.29, 1.82) is 0 Å². The van der Waals surface area contributed by atoms with Gasteiger partial charge in [0.2, 0.25) is 5.91 Å². The molecule has 4 N–H and O–H groups in total. The first-order chi connectivity index (χ1) is 11.4. The first-order valence-electron chi connectivity index (χ1n) is 8.24. The number of carboxylic acid groups (broad SMARTS) is 1. The minimum absolute atomic E-state index is 0.325. The number of amides is 1. The van der Waals surface area contributed by atoms with E-state index >= 15 is 0 Å². The number of carboxylic acids is 1. The lowest BCUT2D eigenvalue weighted by atomic mass is 9.85. The van der Waals surface area contributed by atoms with E-state index in [9.17, 15) is 4.79 Å². The number of nitrogens with zero attached hydrogens (tertiary/aromatic N) is 1. The topological polar surface area (TPSA) is 99.4 Å². The molecule has 0 radical (unpaired) electrons. The summed E-state index contributed by atoms with van der Waals surface area (Å²) in [6.07, 6.45) is 4.02. The molecule has 1 aliphatic rings. The molecule has 24 heavy (non-hydrogen) atoms. The zero-order valence-corrected chi connectivity index (χ0v) is 14.4. The molecular weight excluding hydrogens is 306 g/mol. The predicted octanol–water partition coefficient (Wildman–Crippen LogP) is 2.17. The third-order valence-electron chi connectivity index (χ3n) is 4.53. The number of nitrogens with two attached hydrogens (primary N) is 1. The van der Waals surface area contributed by atoms with E-state index in [1.807, 2.05) is 12.1 Å². The second-order valence-corrected chi connectivity index (χ2v) is 5.99. The number of primary amides is 1. The zero-order valence-electron chi connectivity index (χ0n) is 14.4. The van der Waals surface area contributed by atoms with Gasteiger partial charge in [0, 0.05) is 35.6 Å². The van der Waals surface area contributed by atoms with Crippen LogP contribution in [0.15, 0.2) is 18.3 Å². The number of nitrogens with one attached hydrogen (secondary N) is 1. The van der Waals surface area contributed by atoms with Crippen molar-refractivity contribution < 1.29 is 14.7 Å². The second kappa shape index (κ2) is 7.49. The van der Waals surface area contributed by atoms with Crippen molar-refractivity contribution >= 4 is 22.8 Å². The molecule has 1 aliphatic carbocycles. The van der Waals surface area contributed by atoms with Crippen LogP contribution in [0.3, 0.4) is 0 Å². The number of benzene rings is 1. The SMILES string of the molecule is CC(=O)O.CCN(CC)C1Cc2c[nH]c3ccc(C(N)=O)c(c23)C1. The summed E-state index contributed by atoms with van der Waals surface area (Å²) >= 11 is 0. The number of likely N-dealkylation sites (N-methyl/N-ethyl adjacent to an activating group) is 1. The molecule has 130 valence electrons. The lowest BCUT2D eigenvalue weighted by Crippen LogP contribution is -2.40. The summed E-state index contributed by atoms with van der Waals surface area (Å²) in [4.78, 5) is 26.5. The minimum atomic E-state index is -0.833. The summed E-state index contributed by atoms with van der Waals surface area (Å²) in [5.41, 5.74) is 9.76. The van der Waals surface area contributed by atoms with Crippen molar-refractivity contribution in [3.63, 3.8) is 0 Å². The number of aromatic amines is 1. The van der Waals surface area contributed by atoms with Gasteiger partial charge in [-0.3, -0.25) is 9.59 Å². The Morgan fingerprint density at radius 2 is 1.92 bits per heavy atom. The molecule has 0 fully saturated rings. The molecule has 0 bridgehead atoms. The van der Waals surface area contributed by atoms with Gasteiger partial charge in [0.25, 0.3) is 5.97 Å². The van der Waals surface area contributed by atoms with Crippen LogP contribution >= 0.6 is 0 Å². The summed E-state index contributed by atoms with van der Waals surface area (Å²) in [6.45, 7) is 7.52. The molecule has 1 atom stereocenters. The number of carbonyl (C=O) groups excluding carboxylic acids is 1. The zero-order chi connectivity index (χ0) is 17.9. The molecule has 2 aromatic rings. The van der Waals surface area contributed by atoms with E-state index in [0.717, 1.165) is 43.9 Å². The van der Waals surface area contributed by atoms with Crippen molar-refractivity contribution in [2.24, 2.45) is 5.73 Å². The molecule has 0 saturated heterocycles. The Morgan fingerprint density at radius 3 is 2.46 bits per heavy atom. The highest BCUT2D eigenvalue weighted by atomic mass is 16.4. The first kappa shape index (κ1) is 18.0. The van der Waals surface area contributed by atoms with Gasteiger partial charge in [-0.05, 0) is 49.2 Å². The molecule has 6 heteroatoms. The van der Waals surface area contributed by atoms with Gasteiger partial charge < -0.3 is 20.7 Å². The third-order valence-corrected chi connectivity index (χ3v) is 4.53. The largest absolute Gasteiger partial charge is 0.481 e. The summed E-state index contributed by atoms with van der Waals surface area (Å²) < 4.78 is 0. The number of hydrogen-bond donors (Lipinski definition) is 3. The Labute approximate surface area is 141 Å². The Kier molecular flexibility index (Phi) is 5.62. The molecule has 3 rings (SSSR count). The molecule has 0 aliphatic heterocycles. The second-order valence-electron chi connectivity index (χ2n) is 5.99.